The number of nitrogens with zero attached hydrogens (tertiary/aromatic N) is 3. The maximum Gasteiger partial charge on any atom is 0.172 e. The molecule has 0 aliphatic rings. The summed E-state index contributed by atoms with van der Waals surface area (Å²) < 4.78 is 1.88. The van der Waals surface area contributed by atoms with E-state index in [-0.39, 0.29) is 5.84 Å². The molecule has 1 heterocycles. The van der Waals surface area contributed by atoms with Crippen molar-refractivity contribution in [1.82, 2.24) is 9.55 Å². The predicted octanol–water partition coefficient (Wildman–Crippen LogP) is 2.32. The smallest absolute Gasteiger partial charge is 0.172 e. The molecule has 0 spiro atoms. The molecule has 7 heteroatoms. The Kier molecular flexibility index (Phi) is 3.78. The van der Waals surface area contributed by atoms with Gasteiger partial charge < -0.3 is 15.5 Å². The van der Waals surface area contributed by atoms with Gasteiger partial charge in [-0.3, -0.25) is 0 Å². The van der Waals surface area contributed by atoms with Crippen LogP contribution in [0.3, 0.4) is 0 Å². The van der Waals surface area contributed by atoms with Crippen LogP contribution in [-0.4, -0.2) is 20.6 Å². The first-order chi connectivity index (χ1) is 8.61. The molecule has 0 radical (unpaired) electrons. The maximum atomic E-state index is 8.77. The highest BCUT2D eigenvalue weighted by Gasteiger charge is 2.11. The number of rotatable bonds is 3. The number of aryl methyl sites for hydroxylation is 1. The Labute approximate surface area is 113 Å². The Morgan fingerprint density at radius 3 is 2.94 bits per heavy atom. The number of benzene rings is 1. The first kappa shape index (κ1) is 12.8. The quantitative estimate of drug-likeness (QED) is 0.392. The zero-order chi connectivity index (χ0) is 13.1. The summed E-state index contributed by atoms with van der Waals surface area (Å²) in [4.78, 5) is 5.03. The van der Waals surface area contributed by atoms with E-state index in [0.717, 1.165) is 10.1 Å². The topological polar surface area (TPSA) is 76.4 Å². The van der Waals surface area contributed by atoms with E-state index in [1.165, 1.54) is 11.8 Å². The molecule has 0 aliphatic heterocycles. The Morgan fingerprint density at radius 1 is 1.56 bits per heavy atom. The maximum absolute atomic E-state index is 8.77. The van der Waals surface area contributed by atoms with Gasteiger partial charge in [0.05, 0.1) is 0 Å². The summed E-state index contributed by atoms with van der Waals surface area (Å²) in [5.74, 6) is 0.0224. The average molecular weight is 283 g/mol. The molecule has 2 aromatic rings. The van der Waals surface area contributed by atoms with E-state index in [2.05, 4.69) is 10.1 Å². The number of amidine groups is 1. The molecule has 1 aromatic heterocycles. The third kappa shape index (κ3) is 2.60. The van der Waals surface area contributed by atoms with Crippen LogP contribution >= 0.6 is 23.4 Å². The van der Waals surface area contributed by atoms with Crippen LogP contribution in [0.15, 0.2) is 45.8 Å². The van der Waals surface area contributed by atoms with Gasteiger partial charge in [0.1, 0.15) is 0 Å². The Hall–Kier alpha value is -1.66. The molecule has 0 fully saturated rings. The van der Waals surface area contributed by atoms with Gasteiger partial charge in [-0.15, -0.1) is 0 Å². The van der Waals surface area contributed by atoms with Gasteiger partial charge in [-0.05, 0) is 18.2 Å². The summed E-state index contributed by atoms with van der Waals surface area (Å²) >= 11 is 7.33. The van der Waals surface area contributed by atoms with Crippen molar-refractivity contribution in [2.75, 3.05) is 0 Å². The van der Waals surface area contributed by atoms with Crippen molar-refractivity contribution >= 4 is 29.2 Å². The minimum Gasteiger partial charge on any atom is -0.409 e. The van der Waals surface area contributed by atoms with Crippen molar-refractivity contribution in [2.24, 2.45) is 17.9 Å². The number of imidazole rings is 1. The molecule has 3 N–H and O–H groups in total. The molecule has 0 unspecified atom stereocenters. The number of hydrogen-bond acceptors (Lipinski definition) is 4. The lowest BCUT2D eigenvalue weighted by atomic mass is 10.2. The summed E-state index contributed by atoms with van der Waals surface area (Å²) in [6, 6.07) is 5.22. The number of hydrogen-bond donors (Lipinski definition) is 2. The number of oxime groups is 1. The molecule has 0 saturated heterocycles. The predicted molar refractivity (Wildman–Crippen MR) is 71.3 cm³/mol. The van der Waals surface area contributed by atoms with Crippen LogP contribution in [0.2, 0.25) is 5.02 Å². The summed E-state index contributed by atoms with van der Waals surface area (Å²) in [6.45, 7) is 0. The number of nitrogens with two attached hydrogens (primary N) is 1. The van der Waals surface area contributed by atoms with Crippen LogP contribution in [0.5, 0.6) is 0 Å². The van der Waals surface area contributed by atoms with Gasteiger partial charge in [-0.1, -0.05) is 28.5 Å². The van der Waals surface area contributed by atoms with Crippen molar-refractivity contribution in [3.63, 3.8) is 0 Å². The highest BCUT2D eigenvalue weighted by Crippen LogP contribution is 2.30. The largest absolute Gasteiger partial charge is 0.409 e. The third-order valence-electron chi connectivity index (χ3n) is 2.30. The second kappa shape index (κ2) is 5.32. The highest BCUT2D eigenvalue weighted by molar-refractivity contribution is 7.99. The monoisotopic (exact) mass is 282 g/mol. The van der Waals surface area contributed by atoms with Crippen LogP contribution in [0.4, 0.5) is 0 Å². The van der Waals surface area contributed by atoms with Crippen molar-refractivity contribution in [3.8, 4) is 0 Å². The Balaban J connectivity index is 2.42. The van der Waals surface area contributed by atoms with Crippen molar-refractivity contribution in [3.05, 3.63) is 41.2 Å². The highest BCUT2D eigenvalue weighted by atomic mass is 35.5. The molecular weight excluding hydrogens is 272 g/mol. The van der Waals surface area contributed by atoms with E-state index in [0.29, 0.717) is 10.6 Å². The van der Waals surface area contributed by atoms with E-state index in [1.807, 2.05) is 23.9 Å². The lowest BCUT2D eigenvalue weighted by Gasteiger charge is -2.08. The normalized spacial score (nSPS) is 11.8. The van der Waals surface area contributed by atoms with Gasteiger partial charge in [0, 0.05) is 34.9 Å². The van der Waals surface area contributed by atoms with E-state index in [4.69, 9.17) is 22.5 Å². The van der Waals surface area contributed by atoms with Gasteiger partial charge in [0.15, 0.2) is 11.0 Å². The Morgan fingerprint density at radius 2 is 2.33 bits per heavy atom. The molecule has 0 amide bonds. The third-order valence-corrected chi connectivity index (χ3v) is 3.69. The minimum absolute atomic E-state index is 0.0224. The number of aromatic nitrogens is 2. The van der Waals surface area contributed by atoms with E-state index in [1.54, 1.807) is 18.3 Å². The summed E-state index contributed by atoms with van der Waals surface area (Å²) in [6.07, 6.45) is 3.56. The van der Waals surface area contributed by atoms with Crippen LogP contribution in [0.1, 0.15) is 5.56 Å². The zero-order valence-corrected chi connectivity index (χ0v) is 11.1. The molecule has 94 valence electrons. The molecule has 1 aromatic carbocycles. The molecule has 0 bridgehead atoms. The van der Waals surface area contributed by atoms with Crippen LogP contribution in [-0.2, 0) is 7.05 Å². The van der Waals surface area contributed by atoms with Crippen molar-refractivity contribution in [1.29, 1.82) is 0 Å². The summed E-state index contributed by atoms with van der Waals surface area (Å²) in [5, 5.41) is 13.1. The second-order valence-corrected chi connectivity index (χ2v) is 4.99. The van der Waals surface area contributed by atoms with Gasteiger partial charge >= 0.3 is 0 Å². The minimum atomic E-state index is 0.0224. The van der Waals surface area contributed by atoms with E-state index >= 15 is 0 Å². The second-order valence-electron chi connectivity index (χ2n) is 3.55. The molecule has 5 nitrogen and oxygen atoms in total. The zero-order valence-electron chi connectivity index (χ0n) is 9.54. The fourth-order valence-corrected chi connectivity index (χ4v) is 2.49. The van der Waals surface area contributed by atoms with E-state index < -0.39 is 0 Å². The molecular formula is C11H11ClN4OS. The van der Waals surface area contributed by atoms with Crippen LogP contribution in [0.25, 0.3) is 0 Å². The lowest BCUT2D eigenvalue weighted by molar-refractivity contribution is 0.318. The fraction of sp³-hybridized carbons (Fsp3) is 0.0909. The van der Waals surface area contributed by atoms with Gasteiger partial charge in [-0.2, -0.15) is 0 Å². The lowest BCUT2D eigenvalue weighted by Crippen LogP contribution is -2.14. The van der Waals surface area contributed by atoms with Crippen molar-refractivity contribution < 1.29 is 5.21 Å². The first-order valence-corrected chi connectivity index (χ1v) is 6.24. The molecule has 18 heavy (non-hydrogen) atoms. The molecule has 0 atom stereocenters. The first-order valence-electron chi connectivity index (χ1n) is 5.04. The molecule has 0 saturated carbocycles. The van der Waals surface area contributed by atoms with Crippen LogP contribution in [0, 0.1) is 0 Å². The van der Waals surface area contributed by atoms with Gasteiger partial charge in [0.2, 0.25) is 0 Å². The van der Waals surface area contributed by atoms with Gasteiger partial charge in [0.25, 0.3) is 0 Å². The summed E-state index contributed by atoms with van der Waals surface area (Å²) in [5.41, 5.74) is 6.21. The fourth-order valence-electron chi connectivity index (χ4n) is 1.39. The Bertz CT molecular complexity index is 596. The van der Waals surface area contributed by atoms with E-state index in [9.17, 15) is 0 Å². The standard InChI is InChI=1S/C11H11ClN4OS/c1-16-5-4-14-11(16)18-9-3-2-7(12)6-8(9)10(13)15-17/h2-6,17H,1H3,(H2,13,15). The summed E-state index contributed by atoms with van der Waals surface area (Å²) in [7, 11) is 1.90. The van der Waals surface area contributed by atoms with Crippen molar-refractivity contribution in [2.45, 2.75) is 10.1 Å². The number of halogens is 1. The average Bonchev–Trinajstić information content (AvgIpc) is 2.76. The van der Waals surface area contributed by atoms with Crippen LogP contribution < -0.4 is 5.73 Å². The van der Waals surface area contributed by atoms with Gasteiger partial charge in [-0.25, -0.2) is 4.98 Å². The molecule has 2 rings (SSSR count). The SMILES string of the molecule is Cn1ccnc1Sc1ccc(Cl)cc1C(N)=NO. The molecule has 0 aliphatic carbocycles.